The van der Waals surface area contributed by atoms with Crippen molar-refractivity contribution in [2.45, 2.75) is 6.92 Å². The Morgan fingerprint density at radius 3 is 2.88 bits per heavy atom. The summed E-state index contributed by atoms with van der Waals surface area (Å²) in [6.45, 7) is 1.91. The minimum Gasteiger partial charge on any atom is -0.321 e. The van der Waals surface area contributed by atoms with Crippen LogP contribution in [0.3, 0.4) is 0 Å². The molecule has 5 heteroatoms. The highest BCUT2D eigenvalue weighted by atomic mass is 35.5. The number of anilines is 1. The Hall–Kier alpha value is -1.94. The number of carbonyl (C=O) groups is 1. The summed E-state index contributed by atoms with van der Waals surface area (Å²) in [4.78, 5) is 19.7. The molecule has 0 atom stereocenters. The summed E-state index contributed by atoms with van der Waals surface area (Å²) in [6.07, 6.45) is 4.80. The Labute approximate surface area is 104 Å². The number of aromatic nitrogens is 2. The lowest BCUT2D eigenvalue weighted by molar-refractivity contribution is 0.102. The Bertz CT molecular complexity index is 557. The Morgan fingerprint density at radius 2 is 2.18 bits per heavy atom. The zero-order valence-corrected chi connectivity index (χ0v) is 9.90. The van der Waals surface area contributed by atoms with E-state index in [1.165, 1.54) is 12.3 Å². The van der Waals surface area contributed by atoms with Crippen LogP contribution in [0.25, 0.3) is 0 Å². The van der Waals surface area contributed by atoms with Gasteiger partial charge in [0.05, 0.1) is 11.9 Å². The Balaban J connectivity index is 2.17. The highest BCUT2D eigenvalue weighted by Gasteiger charge is 2.06. The van der Waals surface area contributed by atoms with Crippen molar-refractivity contribution in [1.82, 2.24) is 9.97 Å². The van der Waals surface area contributed by atoms with Gasteiger partial charge in [-0.2, -0.15) is 0 Å². The van der Waals surface area contributed by atoms with Crippen molar-refractivity contribution in [3.05, 3.63) is 53.1 Å². The predicted octanol–water partition coefficient (Wildman–Crippen LogP) is 2.69. The fourth-order valence-electron chi connectivity index (χ4n) is 1.37. The molecule has 2 rings (SSSR count). The maximum Gasteiger partial charge on any atom is 0.255 e. The minimum absolute atomic E-state index is 0.235. The molecule has 0 spiro atoms. The van der Waals surface area contributed by atoms with Crippen molar-refractivity contribution in [2.75, 3.05) is 5.32 Å². The number of nitrogens with one attached hydrogen (secondary N) is 1. The van der Waals surface area contributed by atoms with E-state index in [9.17, 15) is 4.79 Å². The van der Waals surface area contributed by atoms with Gasteiger partial charge >= 0.3 is 0 Å². The van der Waals surface area contributed by atoms with E-state index in [1.807, 2.05) is 13.0 Å². The van der Waals surface area contributed by atoms with E-state index in [1.54, 1.807) is 18.5 Å². The normalized spacial score (nSPS) is 10.0. The highest BCUT2D eigenvalue weighted by molar-refractivity contribution is 6.29. The van der Waals surface area contributed by atoms with Crippen LogP contribution in [-0.2, 0) is 0 Å². The van der Waals surface area contributed by atoms with Crippen molar-refractivity contribution in [1.29, 1.82) is 0 Å². The SMILES string of the molecule is Cc1cncc(NC(=O)c2ccnc(Cl)c2)c1. The van der Waals surface area contributed by atoms with Crippen LogP contribution in [0.15, 0.2) is 36.8 Å². The number of hydrogen-bond acceptors (Lipinski definition) is 3. The third-order valence-corrected chi connectivity index (χ3v) is 2.33. The number of pyridine rings is 2. The maximum absolute atomic E-state index is 11.9. The minimum atomic E-state index is -0.235. The predicted molar refractivity (Wildman–Crippen MR) is 66.2 cm³/mol. The first-order chi connectivity index (χ1) is 8.15. The van der Waals surface area contributed by atoms with E-state index in [-0.39, 0.29) is 5.91 Å². The van der Waals surface area contributed by atoms with Crippen molar-refractivity contribution in [3.8, 4) is 0 Å². The van der Waals surface area contributed by atoms with E-state index >= 15 is 0 Å². The van der Waals surface area contributed by atoms with Crippen LogP contribution in [0.5, 0.6) is 0 Å². The molecule has 0 radical (unpaired) electrons. The maximum atomic E-state index is 11.9. The molecule has 86 valence electrons. The van der Waals surface area contributed by atoms with Crippen LogP contribution in [0.2, 0.25) is 5.15 Å². The van der Waals surface area contributed by atoms with Crippen LogP contribution in [0, 0.1) is 6.92 Å². The van der Waals surface area contributed by atoms with Gasteiger partial charge in [-0.3, -0.25) is 9.78 Å². The van der Waals surface area contributed by atoms with Crippen molar-refractivity contribution < 1.29 is 4.79 Å². The largest absolute Gasteiger partial charge is 0.321 e. The van der Waals surface area contributed by atoms with E-state index in [4.69, 9.17) is 11.6 Å². The fourth-order valence-corrected chi connectivity index (χ4v) is 1.54. The summed E-state index contributed by atoms with van der Waals surface area (Å²) in [5, 5.41) is 3.03. The number of rotatable bonds is 2. The Morgan fingerprint density at radius 1 is 1.35 bits per heavy atom. The lowest BCUT2D eigenvalue weighted by Crippen LogP contribution is -2.12. The van der Waals surface area contributed by atoms with Crippen LogP contribution in [0.4, 0.5) is 5.69 Å². The third-order valence-electron chi connectivity index (χ3n) is 2.12. The lowest BCUT2D eigenvalue weighted by atomic mass is 10.2. The molecule has 2 heterocycles. The van der Waals surface area contributed by atoms with Gasteiger partial charge < -0.3 is 5.32 Å². The molecule has 4 nitrogen and oxygen atoms in total. The highest BCUT2D eigenvalue weighted by Crippen LogP contribution is 2.11. The molecule has 17 heavy (non-hydrogen) atoms. The van der Waals surface area contributed by atoms with Gasteiger partial charge in [0, 0.05) is 18.0 Å². The van der Waals surface area contributed by atoms with Gasteiger partial charge in [-0.05, 0) is 30.7 Å². The average Bonchev–Trinajstić information content (AvgIpc) is 2.29. The number of halogens is 1. The molecule has 0 aliphatic rings. The molecule has 2 aromatic heterocycles. The van der Waals surface area contributed by atoms with Gasteiger partial charge in [0.15, 0.2) is 0 Å². The van der Waals surface area contributed by atoms with E-state index < -0.39 is 0 Å². The van der Waals surface area contributed by atoms with Crippen LogP contribution < -0.4 is 5.32 Å². The number of aryl methyl sites for hydroxylation is 1. The molecule has 0 bridgehead atoms. The smallest absolute Gasteiger partial charge is 0.255 e. The summed E-state index contributed by atoms with van der Waals surface area (Å²) in [7, 11) is 0. The summed E-state index contributed by atoms with van der Waals surface area (Å²) in [6, 6.07) is 4.96. The summed E-state index contributed by atoms with van der Waals surface area (Å²) in [5.41, 5.74) is 2.10. The monoisotopic (exact) mass is 247 g/mol. The molecule has 2 aromatic rings. The van der Waals surface area contributed by atoms with Gasteiger partial charge in [0.2, 0.25) is 0 Å². The van der Waals surface area contributed by atoms with Crippen molar-refractivity contribution in [3.63, 3.8) is 0 Å². The Kier molecular flexibility index (Phi) is 3.35. The quantitative estimate of drug-likeness (QED) is 0.830. The molecule has 0 saturated heterocycles. The van der Waals surface area contributed by atoms with Crippen LogP contribution in [0.1, 0.15) is 15.9 Å². The first kappa shape index (κ1) is 11.5. The van der Waals surface area contributed by atoms with Gasteiger partial charge in [-0.1, -0.05) is 11.6 Å². The summed E-state index contributed by atoms with van der Waals surface area (Å²) in [5.74, 6) is -0.235. The molecule has 0 aromatic carbocycles. The zero-order valence-electron chi connectivity index (χ0n) is 9.14. The van der Waals surface area contributed by atoms with Gasteiger partial charge in [-0.15, -0.1) is 0 Å². The van der Waals surface area contributed by atoms with E-state index in [2.05, 4.69) is 15.3 Å². The first-order valence-electron chi connectivity index (χ1n) is 5.00. The molecule has 0 fully saturated rings. The van der Waals surface area contributed by atoms with E-state index in [0.29, 0.717) is 16.4 Å². The van der Waals surface area contributed by atoms with Crippen molar-refractivity contribution >= 4 is 23.2 Å². The lowest BCUT2D eigenvalue weighted by Gasteiger charge is -2.05. The van der Waals surface area contributed by atoms with Gasteiger partial charge in [0.25, 0.3) is 5.91 Å². The molecule has 0 aliphatic heterocycles. The van der Waals surface area contributed by atoms with Gasteiger partial charge in [0.1, 0.15) is 5.15 Å². The van der Waals surface area contributed by atoms with E-state index in [0.717, 1.165) is 5.56 Å². The summed E-state index contributed by atoms with van der Waals surface area (Å²) < 4.78 is 0. The second-order valence-electron chi connectivity index (χ2n) is 3.57. The third kappa shape index (κ3) is 3.01. The molecule has 0 saturated carbocycles. The first-order valence-corrected chi connectivity index (χ1v) is 5.37. The summed E-state index contributed by atoms with van der Waals surface area (Å²) >= 11 is 5.71. The molecule has 0 unspecified atom stereocenters. The number of carbonyl (C=O) groups excluding carboxylic acids is 1. The molecule has 1 N–H and O–H groups in total. The number of amides is 1. The second kappa shape index (κ2) is 4.93. The molecular formula is C12H10ClN3O. The van der Waals surface area contributed by atoms with Crippen LogP contribution in [-0.4, -0.2) is 15.9 Å². The van der Waals surface area contributed by atoms with Gasteiger partial charge in [-0.25, -0.2) is 4.98 Å². The molecular weight excluding hydrogens is 238 g/mol. The average molecular weight is 248 g/mol. The zero-order chi connectivity index (χ0) is 12.3. The molecule has 1 amide bonds. The van der Waals surface area contributed by atoms with Crippen molar-refractivity contribution in [2.24, 2.45) is 0 Å². The standard InChI is InChI=1S/C12H10ClN3O/c1-8-4-10(7-14-6-8)16-12(17)9-2-3-15-11(13)5-9/h2-7H,1H3,(H,16,17). The second-order valence-corrected chi connectivity index (χ2v) is 3.96. The fraction of sp³-hybridized carbons (Fsp3) is 0.0833. The van der Waals surface area contributed by atoms with Crippen LogP contribution >= 0.6 is 11.6 Å². The number of nitrogens with zero attached hydrogens (tertiary/aromatic N) is 2. The topological polar surface area (TPSA) is 54.9 Å². The number of hydrogen-bond donors (Lipinski definition) is 1. The molecule has 0 aliphatic carbocycles.